The highest BCUT2D eigenvalue weighted by molar-refractivity contribution is 5.66. The summed E-state index contributed by atoms with van der Waals surface area (Å²) in [6, 6.07) is 7.87. The van der Waals surface area contributed by atoms with E-state index in [0.29, 0.717) is 6.61 Å². The van der Waals surface area contributed by atoms with Gasteiger partial charge in [-0.2, -0.15) is 0 Å². The van der Waals surface area contributed by atoms with Gasteiger partial charge >= 0.3 is 5.97 Å². The Bertz CT molecular complexity index is 316. The Morgan fingerprint density at radius 1 is 1.33 bits per heavy atom. The molecule has 82 valence electrons. The highest BCUT2D eigenvalue weighted by Gasteiger charge is 2.13. The molecule has 0 fully saturated rings. The summed E-state index contributed by atoms with van der Waals surface area (Å²) in [6.07, 6.45) is -0.312. The molecular weight excluding hydrogens is 192 g/mol. The van der Waals surface area contributed by atoms with Crippen LogP contribution in [0.3, 0.4) is 0 Å². The van der Waals surface area contributed by atoms with E-state index in [-0.39, 0.29) is 12.1 Å². The number of carbonyl (C=O) groups is 1. The summed E-state index contributed by atoms with van der Waals surface area (Å²) < 4.78 is 10.2. The fourth-order valence-corrected chi connectivity index (χ4v) is 1.33. The second-order valence-corrected chi connectivity index (χ2v) is 3.46. The number of hydrogen-bond acceptors (Lipinski definition) is 3. The van der Waals surface area contributed by atoms with E-state index >= 15 is 0 Å². The van der Waals surface area contributed by atoms with Crippen molar-refractivity contribution in [3.8, 4) is 0 Å². The molecular formula is C12H16O3. The molecule has 3 heteroatoms. The number of methoxy groups -OCH3 is 1. The van der Waals surface area contributed by atoms with Crippen LogP contribution in [0.2, 0.25) is 0 Å². The van der Waals surface area contributed by atoms with E-state index < -0.39 is 0 Å². The van der Waals surface area contributed by atoms with Crippen LogP contribution in [0, 0.1) is 6.92 Å². The Labute approximate surface area is 90.0 Å². The topological polar surface area (TPSA) is 35.5 Å². The van der Waals surface area contributed by atoms with Crippen molar-refractivity contribution < 1.29 is 14.3 Å². The summed E-state index contributed by atoms with van der Waals surface area (Å²) in [5.41, 5.74) is 2.13. The Hall–Kier alpha value is -1.35. The van der Waals surface area contributed by atoms with E-state index in [0.717, 1.165) is 5.56 Å². The zero-order valence-electron chi connectivity index (χ0n) is 9.32. The lowest BCUT2D eigenvalue weighted by Gasteiger charge is -2.16. The van der Waals surface area contributed by atoms with E-state index in [1.807, 2.05) is 31.2 Å². The Morgan fingerprint density at radius 2 is 1.93 bits per heavy atom. The molecule has 0 aromatic heterocycles. The van der Waals surface area contributed by atoms with Crippen molar-refractivity contribution in [2.75, 3.05) is 13.7 Å². The summed E-state index contributed by atoms with van der Waals surface area (Å²) in [5.74, 6) is -0.294. The number of benzene rings is 1. The van der Waals surface area contributed by atoms with Gasteiger partial charge in [0.1, 0.15) is 0 Å². The highest BCUT2D eigenvalue weighted by atomic mass is 16.6. The summed E-state index contributed by atoms with van der Waals surface area (Å²) in [7, 11) is 1.59. The fraction of sp³-hybridized carbons (Fsp3) is 0.417. The van der Waals surface area contributed by atoms with Gasteiger partial charge in [0.25, 0.3) is 0 Å². The van der Waals surface area contributed by atoms with Gasteiger partial charge in [-0.25, -0.2) is 0 Å². The van der Waals surface area contributed by atoms with Crippen LogP contribution < -0.4 is 0 Å². The van der Waals surface area contributed by atoms with Crippen LogP contribution in [0.1, 0.15) is 24.2 Å². The molecule has 1 unspecified atom stereocenters. The summed E-state index contributed by atoms with van der Waals surface area (Å²) >= 11 is 0. The van der Waals surface area contributed by atoms with E-state index in [2.05, 4.69) is 0 Å². The van der Waals surface area contributed by atoms with E-state index in [9.17, 15) is 4.79 Å². The standard InChI is InChI=1S/C12H16O3/c1-9-4-6-11(7-5-9)12(8-14-3)15-10(2)13/h4-7,12H,8H2,1-3H3. The van der Waals surface area contributed by atoms with Crippen LogP contribution in [0.25, 0.3) is 0 Å². The smallest absolute Gasteiger partial charge is 0.303 e. The third kappa shape index (κ3) is 3.72. The van der Waals surface area contributed by atoms with Crippen LogP contribution in [0.4, 0.5) is 0 Å². The molecule has 15 heavy (non-hydrogen) atoms. The normalized spacial score (nSPS) is 12.2. The zero-order chi connectivity index (χ0) is 11.3. The molecule has 0 radical (unpaired) electrons. The molecule has 0 amide bonds. The van der Waals surface area contributed by atoms with Crippen molar-refractivity contribution in [3.63, 3.8) is 0 Å². The summed E-state index contributed by atoms with van der Waals surface area (Å²) in [6.45, 7) is 3.79. The quantitative estimate of drug-likeness (QED) is 0.712. The predicted molar refractivity (Wildman–Crippen MR) is 57.6 cm³/mol. The Kier molecular flexibility index (Phi) is 4.31. The molecule has 1 atom stereocenters. The summed E-state index contributed by atoms with van der Waals surface area (Å²) in [4.78, 5) is 10.9. The first kappa shape index (κ1) is 11.7. The third-order valence-electron chi connectivity index (χ3n) is 2.08. The van der Waals surface area contributed by atoms with Gasteiger partial charge in [0, 0.05) is 14.0 Å². The van der Waals surface area contributed by atoms with Gasteiger partial charge in [-0.05, 0) is 12.5 Å². The van der Waals surface area contributed by atoms with Crippen LogP contribution >= 0.6 is 0 Å². The second-order valence-electron chi connectivity index (χ2n) is 3.46. The van der Waals surface area contributed by atoms with Crippen molar-refractivity contribution >= 4 is 5.97 Å². The van der Waals surface area contributed by atoms with Gasteiger partial charge in [0.05, 0.1) is 6.61 Å². The minimum atomic E-state index is -0.312. The lowest BCUT2D eigenvalue weighted by Crippen LogP contribution is -2.13. The first-order valence-corrected chi connectivity index (χ1v) is 4.86. The van der Waals surface area contributed by atoms with Gasteiger partial charge in [0.2, 0.25) is 0 Å². The number of carbonyl (C=O) groups excluding carboxylic acids is 1. The lowest BCUT2D eigenvalue weighted by atomic mass is 10.1. The van der Waals surface area contributed by atoms with Crippen molar-refractivity contribution in [2.24, 2.45) is 0 Å². The molecule has 1 aromatic rings. The first-order valence-electron chi connectivity index (χ1n) is 4.86. The van der Waals surface area contributed by atoms with Crippen molar-refractivity contribution in [1.29, 1.82) is 0 Å². The SMILES string of the molecule is COCC(OC(C)=O)c1ccc(C)cc1. The number of hydrogen-bond donors (Lipinski definition) is 0. The Morgan fingerprint density at radius 3 is 2.40 bits per heavy atom. The molecule has 0 aliphatic heterocycles. The van der Waals surface area contributed by atoms with Crippen LogP contribution in [0.15, 0.2) is 24.3 Å². The van der Waals surface area contributed by atoms with Gasteiger partial charge in [0.15, 0.2) is 6.10 Å². The molecule has 0 heterocycles. The molecule has 0 aliphatic carbocycles. The summed E-state index contributed by atoms with van der Waals surface area (Å²) in [5, 5.41) is 0. The van der Waals surface area contributed by atoms with Crippen LogP contribution in [0.5, 0.6) is 0 Å². The zero-order valence-corrected chi connectivity index (χ0v) is 9.32. The van der Waals surface area contributed by atoms with E-state index in [4.69, 9.17) is 9.47 Å². The van der Waals surface area contributed by atoms with Gasteiger partial charge in [-0.3, -0.25) is 4.79 Å². The van der Waals surface area contributed by atoms with Crippen molar-refractivity contribution in [3.05, 3.63) is 35.4 Å². The average molecular weight is 208 g/mol. The largest absolute Gasteiger partial charge is 0.455 e. The molecule has 0 spiro atoms. The number of ether oxygens (including phenoxy) is 2. The first-order chi connectivity index (χ1) is 7.13. The maximum absolute atomic E-state index is 10.9. The van der Waals surface area contributed by atoms with Crippen LogP contribution in [-0.2, 0) is 14.3 Å². The molecule has 0 N–H and O–H groups in total. The maximum atomic E-state index is 10.9. The molecule has 0 saturated heterocycles. The second kappa shape index (κ2) is 5.51. The van der Waals surface area contributed by atoms with Gasteiger partial charge < -0.3 is 9.47 Å². The van der Waals surface area contributed by atoms with Crippen LogP contribution in [-0.4, -0.2) is 19.7 Å². The fourth-order valence-electron chi connectivity index (χ4n) is 1.33. The molecule has 1 rings (SSSR count). The maximum Gasteiger partial charge on any atom is 0.303 e. The van der Waals surface area contributed by atoms with Gasteiger partial charge in [-0.15, -0.1) is 0 Å². The highest BCUT2D eigenvalue weighted by Crippen LogP contribution is 2.18. The molecule has 3 nitrogen and oxygen atoms in total. The average Bonchev–Trinajstić information content (AvgIpc) is 2.17. The minimum absolute atomic E-state index is 0.294. The predicted octanol–water partition coefficient (Wildman–Crippen LogP) is 2.25. The number of esters is 1. The number of aryl methyl sites for hydroxylation is 1. The molecule has 1 aromatic carbocycles. The molecule has 0 saturated carbocycles. The van der Waals surface area contributed by atoms with E-state index in [1.165, 1.54) is 12.5 Å². The van der Waals surface area contributed by atoms with Gasteiger partial charge in [-0.1, -0.05) is 29.8 Å². The van der Waals surface area contributed by atoms with Crippen molar-refractivity contribution in [1.82, 2.24) is 0 Å². The molecule has 0 aliphatic rings. The lowest BCUT2D eigenvalue weighted by molar-refractivity contribution is -0.149. The third-order valence-corrected chi connectivity index (χ3v) is 2.08. The van der Waals surface area contributed by atoms with Crippen molar-refractivity contribution in [2.45, 2.75) is 20.0 Å². The minimum Gasteiger partial charge on any atom is -0.455 e. The number of rotatable bonds is 4. The van der Waals surface area contributed by atoms with E-state index in [1.54, 1.807) is 7.11 Å². The molecule has 0 bridgehead atoms. The monoisotopic (exact) mass is 208 g/mol. The Balaban J connectivity index is 2.78.